The average Bonchev–Trinajstić information content (AvgIpc) is 3.05. The second-order valence-electron chi connectivity index (χ2n) is 6.87. The fourth-order valence-electron chi connectivity index (χ4n) is 3.83. The molecule has 3 aliphatic rings. The van der Waals surface area contributed by atoms with Crippen LogP contribution in [0.5, 0.6) is 0 Å². The van der Waals surface area contributed by atoms with Gasteiger partial charge in [-0.2, -0.15) is 18.2 Å². The average molecular weight is 395 g/mol. The molecule has 140 valence electrons. The first-order valence-corrected chi connectivity index (χ1v) is 8.90. The zero-order valence-corrected chi connectivity index (χ0v) is 14.7. The van der Waals surface area contributed by atoms with Gasteiger partial charge in [-0.25, -0.2) is 0 Å². The second kappa shape index (κ2) is 5.84. The van der Waals surface area contributed by atoms with Crippen molar-refractivity contribution in [2.24, 2.45) is 0 Å². The van der Waals surface area contributed by atoms with Gasteiger partial charge in [0.05, 0.1) is 10.7 Å². The Morgan fingerprint density at radius 3 is 2.59 bits per heavy atom. The number of alkyl halides is 3. The summed E-state index contributed by atoms with van der Waals surface area (Å²) in [4.78, 5) is 10.3. The van der Waals surface area contributed by atoms with Gasteiger partial charge in [-0.05, 0) is 24.6 Å². The number of hydrogen-bond donors (Lipinski definition) is 1. The van der Waals surface area contributed by atoms with Crippen LogP contribution in [0.4, 0.5) is 19.2 Å². The van der Waals surface area contributed by atoms with E-state index in [0.717, 1.165) is 6.42 Å². The van der Waals surface area contributed by atoms with Crippen LogP contribution in [0.2, 0.25) is 5.02 Å². The molecule has 0 radical (unpaired) electrons. The van der Waals surface area contributed by atoms with Gasteiger partial charge in [0, 0.05) is 36.9 Å². The predicted molar refractivity (Wildman–Crippen MR) is 94.8 cm³/mol. The van der Waals surface area contributed by atoms with Gasteiger partial charge in [-0.3, -0.25) is 4.98 Å². The Hall–Kier alpha value is -2.32. The fraction of sp³-hybridized carbons (Fsp3) is 0.333. The number of anilines is 1. The van der Waals surface area contributed by atoms with E-state index in [4.69, 9.17) is 16.0 Å². The first kappa shape index (κ1) is 16.8. The summed E-state index contributed by atoms with van der Waals surface area (Å²) in [5, 5.41) is 2.95. The van der Waals surface area contributed by atoms with Gasteiger partial charge in [-0.15, -0.1) is 0 Å². The summed E-state index contributed by atoms with van der Waals surface area (Å²) in [6.07, 6.45) is -2.01. The monoisotopic (exact) mass is 394 g/mol. The highest BCUT2D eigenvalue weighted by molar-refractivity contribution is 6.33. The van der Waals surface area contributed by atoms with Crippen molar-refractivity contribution in [2.45, 2.75) is 24.7 Å². The molecule has 1 N–H and O–H groups in total. The third kappa shape index (κ3) is 2.74. The summed E-state index contributed by atoms with van der Waals surface area (Å²) >= 11 is 6.02. The van der Waals surface area contributed by atoms with Crippen LogP contribution < -0.4 is 10.2 Å². The highest BCUT2D eigenvalue weighted by Crippen LogP contribution is 2.44. The number of rotatable bonds is 2. The number of piperidine rings is 1. The summed E-state index contributed by atoms with van der Waals surface area (Å²) in [6, 6.07) is 7.25. The number of nitrogens with one attached hydrogen (secondary N) is 1. The Labute approximate surface area is 157 Å². The van der Waals surface area contributed by atoms with E-state index in [9.17, 15) is 13.2 Å². The third-order valence-corrected chi connectivity index (χ3v) is 5.32. The summed E-state index contributed by atoms with van der Waals surface area (Å²) in [5.74, 6) is 0. The lowest BCUT2D eigenvalue weighted by atomic mass is 9.92. The van der Waals surface area contributed by atoms with E-state index in [1.54, 1.807) is 24.4 Å². The predicted octanol–water partition coefficient (Wildman–Crippen LogP) is 4.11. The number of fused-ring (bicyclic) bond motifs is 3. The highest BCUT2D eigenvalue weighted by atomic mass is 35.5. The van der Waals surface area contributed by atoms with E-state index in [0.29, 0.717) is 36.4 Å². The molecule has 5 nitrogen and oxygen atoms in total. The minimum Gasteiger partial charge on any atom is -0.423 e. The molecule has 5 heterocycles. The van der Waals surface area contributed by atoms with Crippen LogP contribution in [0.15, 0.2) is 34.9 Å². The smallest absolute Gasteiger partial charge is 0.420 e. The van der Waals surface area contributed by atoms with Gasteiger partial charge >= 0.3 is 6.18 Å². The first-order chi connectivity index (χ1) is 12.9. The van der Waals surface area contributed by atoms with Gasteiger partial charge in [-0.1, -0.05) is 17.7 Å². The van der Waals surface area contributed by atoms with E-state index in [-0.39, 0.29) is 17.1 Å². The minimum atomic E-state index is -4.64. The van der Waals surface area contributed by atoms with Crippen molar-refractivity contribution in [3.05, 3.63) is 41.0 Å². The topological polar surface area (TPSA) is 54.2 Å². The molecular formula is C18H14ClF3N4O. The largest absolute Gasteiger partial charge is 0.423 e. The van der Waals surface area contributed by atoms with Crippen LogP contribution in [0.3, 0.4) is 0 Å². The molecule has 0 aliphatic carbocycles. The maximum Gasteiger partial charge on any atom is 0.420 e. The Bertz CT molecular complexity index is 1000. The molecule has 2 atom stereocenters. The molecule has 3 aliphatic heterocycles. The lowest BCUT2D eigenvalue weighted by molar-refractivity contribution is -0.136. The van der Waals surface area contributed by atoms with Gasteiger partial charge in [0.25, 0.3) is 6.01 Å². The van der Waals surface area contributed by atoms with Crippen molar-refractivity contribution in [1.82, 2.24) is 15.3 Å². The molecule has 3 saturated heterocycles. The molecule has 3 fully saturated rings. The fourth-order valence-corrected chi connectivity index (χ4v) is 4.13. The van der Waals surface area contributed by atoms with Crippen LogP contribution in [0.25, 0.3) is 22.4 Å². The van der Waals surface area contributed by atoms with Gasteiger partial charge in [0.1, 0.15) is 11.1 Å². The maximum absolute atomic E-state index is 13.6. The van der Waals surface area contributed by atoms with E-state index >= 15 is 0 Å². The van der Waals surface area contributed by atoms with Crippen molar-refractivity contribution in [2.75, 3.05) is 18.0 Å². The molecule has 9 heteroatoms. The van der Waals surface area contributed by atoms with Crippen molar-refractivity contribution in [1.29, 1.82) is 0 Å². The number of piperazine rings is 1. The standard InChI is InChI=1S/C18H14ClF3N4O/c19-12-6-11(13-3-1-2-4-23-13)16-15(14(12)18(20,21)22)25-17(27-16)26-7-9-5-10(8-26)24-9/h1-4,6,9-10,24H,5,7-8H2. The molecule has 0 saturated carbocycles. The first-order valence-electron chi connectivity index (χ1n) is 8.53. The normalized spacial score (nSPS) is 22.1. The number of nitrogens with zero attached hydrogens (tertiary/aromatic N) is 3. The molecule has 2 aromatic heterocycles. The molecule has 2 bridgehead atoms. The van der Waals surface area contributed by atoms with Crippen LogP contribution in [-0.2, 0) is 6.18 Å². The third-order valence-electron chi connectivity index (χ3n) is 5.02. The molecule has 2 unspecified atom stereocenters. The van der Waals surface area contributed by atoms with Crippen LogP contribution in [-0.4, -0.2) is 35.1 Å². The lowest BCUT2D eigenvalue weighted by Gasteiger charge is -2.47. The second-order valence-corrected chi connectivity index (χ2v) is 7.28. The van der Waals surface area contributed by atoms with Crippen molar-refractivity contribution in [3.63, 3.8) is 0 Å². The molecule has 0 amide bonds. The van der Waals surface area contributed by atoms with E-state index in [2.05, 4.69) is 15.3 Å². The van der Waals surface area contributed by atoms with Crippen LogP contribution in [0.1, 0.15) is 12.0 Å². The Balaban J connectivity index is 1.72. The Morgan fingerprint density at radius 1 is 1.22 bits per heavy atom. The number of halogens is 4. The zero-order valence-electron chi connectivity index (χ0n) is 13.9. The summed E-state index contributed by atoms with van der Waals surface area (Å²) < 4.78 is 46.7. The minimum absolute atomic E-state index is 0.0487. The Morgan fingerprint density at radius 2 is 1.96 bits per heavy atom. The van der Waals surface area contributed by atoms with Gasteiger partial charge in [0.2, 0.25) is 0 Å². The van der Waals surface area contributed by atoms with Gasteiger partial charge in [0.15, 0.2) is 5.58 Å². The van der Waals surface area contributed by atoms with Crippen LogP contribution >= 0.6 is 11.6 Å². The van der Waals surface area contributed by atoms with E-state index < -0.39 is 16.8 Å². The van der Waals surface area contributed by atoms with Gasteiger partial charge < -0.3 is 14.6 Å². The van der Waals surface area contributed by atoms with E-state index in [1.807, 2.05) is 4.90 Å². The van der Waals surface area contributed by atoms with Crippen molar-refractivity contribution < 1.29 is 17.6 Å². The molecular weight excluding hydrogens is 381 g/mol. The van der Waals surface area contributed by atoms with Crippen molar-refractivity contribution in [3.8, 4) is 11.3 Å². The molecule has 6 rings (SSSR count). The number of benzene rings is 1. The summed E-state index contributed by atoms with van der Waals surface area (Å²) in [5.41, 5.74) is -0.341. The number of hydrogen-bond acceptors (Lipinski definition) is 5. The quantitative estimate of drug-likeness (QED) is 0.708. The number of oxazole rings is 1. The zero-order chi connectivity index (χ0) is 18.8. The Kier molecular flexibility index (Phi) is 3.64. The summed E-state index contributed by atoms with van der Waals surface area (Å²) in [6.45, 7) is 1.30. The molecule has 0 spiro atoms. The molecule has 3 aromatic rings. The van der Waals surface area contributed by atoms with Crippen LogP contribution in [0, 0.1) is 0 Å². The number of aromatic nitrogens is 2. The highest BCUT2D eigenvalue weighted by Gasteiger charge is 2.41. The molecule has 1 aromatic carbocycles. The SMILES string of the molecule is FC(F)(F)c1c(Cl)cc(-c2ccccn2)c2oc(N3CC4CC(C3)N4)nc12. The summed E-state index contributed by atoms with van der Waals surface area (Å²) in [7, 11) is 0. The lowest BCUT2D eigenvalue weighted by Crippen LogP contribution is -2.67. The van der Waals surface area contributed by atoms with E-state index in [1.165, 1.54) is 6.07 Å². The van der Waals surface area contributed by atoms with Crippen molar-refractivity contribution >= 4 is 28.7 Å². The molecule has 27 heavy (non-hydrogen) atoms. The maximum atomic E-state index is 13.6. The number of pyridine rings is 1.